The molecule has 0 spiro atoms. The zero-order valence-corrected chi connectivity index (χ0v) is 14.1. The second-order valence-electron chi connectivity index (χ2n) is 5.13. The third kappa shape index (κ3) is 3.50. The number of anilines is 1. The zero-order valence-electron chi connectivity index (χ0n) is 11.7. The molecule has 2 unspecified atom stereocenters. The molecule has 2 atom stereocenters. The van der Waals surface area contributed by atoms with Crippen LogP contribution in [0.4, 0.5) is 5.69 Å². The second kappa shape index (κ2) is 6.51. The summed E-state index contributed by atoms with van der Waals surface area (Å²) in [4.78, 5) is 0.00860. The molecular formula is C13H19BrN2O4S. The summed E-state index contributed by atoms with van der Waals surface area (Å²) in [7, 11) is -2.35. The predicted molar refractivity (Wildman–Crippen MR) is 83.6 cm³/mol. The van der Waals surface area contributed by atoms with Gasteiger partial charge in [-0.1, -0.05) is 6.42 Å². The van der Waals surface area contributed by atoms with Gasteiger partial charge < -0.3 is 15.6 Å². The van der Waals surface area contributed by atoms with Gasteiger partial charge in [-0.2, -0.15) is 0 Å². The number of halogens is 1. The van der Waals surface area contributed by atoms with Crippen LogP contribution in [0.25, 0.3) is 0 Å². The summed E-state index contributed by atoms with van der Waals surface area (Å²) in [6.45, 7) is -0.0210. The Morgan fingerprint density at radius 2 is 2.19 bits per heavy atom. The van der Waals surface area contributed by atoms with Gasteiger partial charge in [0.25, 0.3) is 0 Å². The first kappa shape index (κ1) is 16.5. The molecule has 4 N–H and O–H groups in total. The average molecular weight is 379 g/mol. The van der Waals surface area contributed by atoms with Crippen molar-refractivity contribution in [3.8, 4) is 5.75 Å². The summed E-state index contributed by atoms with van der Waals surface area (Å²) >= 11 is 3.24. The molecule has 0 radical (unpaired) electrons. The van der Waals surface area contributed by atoms with Crippen molar-refractivity contribution in [3.63, 3.8) is 0 Å². The molecule has 0 aromatic heterocycles. The van der Waals surface area contributed by atoms with Gasteiger partial charge in [0.15, 0.2) is 0 Å². The molecule has 118 valence electrons. The van der Waals surface area contributed by atoms with Crippen molar-refractivity contribution in [2.75, 3.05) is 19.5 Å². The Kier molecular flexibility index (Phi) is 5.13. The van der Waals surface area contributed by atoms with E-state index in [9.17, 15) is 13.5 Å². The molecule has 1 aromatic carbocycles. The highest BCUT2D eigenvalue weighted by Gasteiger charge is 2.32. The maximum atomic E-state index is 12.5. The number of ether oxygens (including phenoxy) is 1. The Balaban J connectivity index is 2.33. The lowest BCUT2D eigenvalue weighted by Crippen LogP contribution is -2.38. The molecule has 0 heterocycles. The first-order valence-electron chi connectivity index (χ1n) is 6.65. The van der Waals surface area contributed by atoms with Gasteiger partial charge in [0.05, 0.1) is 7.11 Å². The third-order valence-corrected chi connectivity index (χ3v) is 5.97. The van der Waals surface area contributed by atoms with Crippen molar-refractivity contribution in [2.45, 2.75) is 30.2 Å². The van der Waals surface area contributed by atoms with Crippen LogP contribution in [0.2, 0.25) is 0 Å². The summed E-state index contributed by atoms with van der Waals surface area (Å²) in [5.41, 5.74) is 6.09. The molecule has 21 heavy (non-hydrogen) atoms. The van der Waals surface area contributed by atoms with Crippen LogP contribution in [0, 0.1) is 5.92 Å². The highest BCUT2D eigenvalue weighted by Crippen LogP contribution is 2.33. The topological polar surface area (TPSA) is 102 Å². The Hall–Kier alpha value is -0.830. The number of benzene rings is 1. The van der Waals surface area contributed by atoms with E-state index in [-0.39, 0.29) is 29.2 Å². The van der Waals surface area contributed by atoms with Gasteiger partial charge in [-0.25, -0.2) is 13.1 Å². The van der Waals surface area contributed by atoms with Crippen LogP contribution in [0.1, 0.15) is 19.3 Å². The third-order valence-electron chi connectivity index (χ3n) is 3.77. The number of rotatable bonds is 5. The minimum atomic E-state index is -3.76. The van der Waals surface area contributed by atoms with E-state index < -0.39 is 10.0 Å². The van der Waals surface area contributed by atoms with E-state index in [1.54, 1.807) is 0 Å². The molecular weight excluding hydrogens is 360 g/mol. The lowest BCUT2D eigenvalue weighted by atomic mass is 10.1. The predicted octanol–water partition coefficient (Wildman–Crippen LogP) is 1.48. The highest BCUT2D eigenvalue weighted by atomic mass is 79.9. The molecule has 0 amide bonds. The molecule has 1 aliphatic carbocycles. The minimum Gasteiger partial charge on any atom is -0.495 e. The fourth-order valence-corrected chi connectivity index (χ4v) is 4.44. The number of hydrogen-bond donors (Lipinski definition) is 3. The summed E-state index contributed by atoms with van der Waals surface area (Å²) < 4.78 is 33.5. The van der Waals surface area contributed by atoms with Crippen LogP contribution in [-0.2, 0) is 10.0 Å². The molecule has 2 rings (SSSR count). The number of nitrogens with two attached hydrogens (primary N) is 1. The summed E-state index contributed by atoms with van der Waals surface area (Å²) in [6.07, 6.45) is 2.44. The molecule has 0 saturated heterocycles. The standard InChI is InChI=1S/C13H19BrN2O4S/c1-20-12-5-9(14)10(15)6-13(12)21(18,19)16-11-4-2-3-8(11)7-17/h5-6,8,11,16-17H,2-4,7,15H2,1H3. The van der Waals surface area contributed by atoms with Crippen LogP contribution < -0.4 is 15.2 Å². The van der Waals surface area contributed by atoms with Crippen molar-refractivity contribution in [1.29, 1.82) is 0 Å². The van der Waals surface area contributed by atoms with Crippen molar-refractivity contribution in [2.24, 2.45) is 5.92 Å². The summed E-state index contributed by atoms with van der Waals surface area (Å²) in [6, 6.07) is 2.64. The van der Waals surface area contributed by atoms with E-state index in [0.29, 0.717) is 10.2 Å². The maximum Gasteiger partial charge on any atom is 0.244 e. The van der Waals surface area contributed by atoms with E-state index in [2.05, 4.69) is 20.7 Å². The molecule has 0 bridgehead atoms. The van der Waals surface area contributed by atoms with Crippen LogP contribution in [0.5, 0.6) is 5.75 Å². The SMILES string of the molecule is COc1cc(Br)c(N)cc1S(=O)(=O)NC1CCCC1CO. The zero-order chi connectivity index (χ0) is 15.6. The monoisotopic (exact) mass is 378 g/mol. The number of aliphatic hydroxyl groups excluding tert-OH is 1. The number of aliphatic hydroxyl groups is 1. The Bertz CT molecular complexity index is 621. The minimum absolute atomic E-state index is 0.00860. The molecule has 1 aromatic rings. The fourth-order valence-electron chi connectivity index (χ4n) is 2.59. The Morgan fingerprint density at radius 1 is 1.48 bits per heavy atom. The molecule has 1 aliphatic rings. The summed E-state index contributed by atoms with van der Waals surface area (Å²) in [5, 5.41) is 9.30. The van der Waals surface area contributed by atoms with Crippen LogP contribution in [-0.4, -0.2) is 33.3 Å². The number of nitrogens with one attached hydrogen (secondary N) is 1. The smallest absolute Gasteiger partial charge is 0.244 e. The first-order valence-corrected chi connectivity index (χ1v) is 8.93. The number of methoxy groups -OCH3 is 1. The van der Waals surface area contributed by atoms with E-state index in [0.717, 1.165) is 19.3 Å². The van der Waals surface area contributed by atoms with Crippen molar-refractivity contribution in [1.82, 2.24) is 4.72 Å². The normalized spacial score (nSPS) is 22.4. The second-order valence-corrected chi connectivity index (χ2v) is 7.66. The molecule has 8 heteroatoms. The number of sulfonamides is 1. The average Bonchev–Trinajstić information content (AvgIpc) is 2.87. The Labute approximate surface area is 132 Å². The molecule has 1 fully saturated rings. The maximum absolute atomic E-state index is 12.5. The first-order chi connectivity index (χ1) is 9.89. The Morgan fingerprint density at radius 3 is 2.81 bits per heavy atom. The van der Waals surface area contributed by atoms with E-state index in [4.69, 9.17) is 10.5 Å². The van der Waals surface area contributed by atoms with E-state index in [1.807, 2.05) is 0 Å². The number of nitrogen functional groups attached to an aromatic ring is 1. The molecule has 1 saturated carbocycles. The molecule has 6 nitrogen and oxygen atoms in total. The van der Waals surface area contributed by atoms with Crippen molar-refractivity contribution >= 4 is 31.6 Å². The van der Waals surface area contributed by atoms with Gasteiger partial charge in [0.2, 0.25) is 10.0 Å². The lowest BCUT2D eigenvalue weighted by Gasteiger charge is -2.20. The van der Waals surface area contributed by atoms with Crippen LogP contribution in [0.15, 0.2) is 21.5 Å². The van der Waals surface area contributed by atoms with E-state index in [1.165, 1.54) is 19.2 Å². The van der Waals surface area contributed by atoms with Gasteiger partial charge in [0.1, 0.15) is 10.6 Å². The van der Waals surface area contributed by atoms with Crippen molar-refractivity contribution in [3.05, 3.63) is 16.6 Å². The van der Waals surface area contributed by atoms with E-state index >= 15 is 0 Å². The quantitative estimate of drug-likeness (QED) is 0.673. The van der Waals surface area contributed by atoms with Gasteiger partial charge >= 0.3 is 0 Å². The van der Waals surface area contributed by atoms with Gasteiger partial charge in [-0.15, -0.1) is 0 Å². The van der Waals surface area contributed by atoms with Gasteiger partial charge in [-0.3, -0.25) is 0 Å². The number of hydrogen-bond acceptors (Lipinski definition) is 5. The van der Waals surface area contributed by atoms with Gasteiger partial charge in [0, 0.05) is 22.8 Å². The lowest BCUT2D eigenvalue weighted by molar-refractivity contribution is 0.213. The van der Waals surface area contributed by atoms with Crippen LogP contribution in [0.3, 0.4) is 0 Å². The van der Waals surface area contributed by atoms with Gasteiger partial charge in [-0.05, 0) is 46.8 Å². The largest absolute Gasteiger partial charge is 0.495 e. The molecule has 0 aliphatic heterocycles. The van der Waals surface area contributed by atoms with Crippen LogP contribution >= 0.6 is 15.9 Å². The highest BCUT2D eigenvalue weighted by molar-refractivity contribution is 9.10. The fraction of sp³-hybridized carbons (Fsp3) is 0.538. The summed E-state index contributed by atoms with van der Waals surface area (Å²) in [5.74, 6) is 0.181. The van der Waals surface area contributed by atoms with Crippen molar-refractivity contribution < 1.29 is 18.3 Å².